The molecule has 1 heterocycles. The van der Waals surface area contributed by atoms with Crippen LogP contribution in [0.4, 0.5) is 0 Å². The summed E-state index contributed by atoms with van der Waals surface area (Å²) in [5.41, 5.74) is 5.37. The normalized spacial score (nSPS) is 17.5. The standard InChI is InChI=1S/C26H24N2O2/c1-26(2,3)19-13-18(12-16-8-10-17(15-27)11-9-16)24-21(14-19)23(25(29)30)20-6-4-5-7-22(20)28-24/h4-12,19H,13-14H2,1-3H3,(H,29,30). The molecular weight excluding hydrogens is 372 g/mol. The van der Waals surface area contributed by atoms with E-state index in [-0.39, 0.29) is 5.41 Å². The van der Waals surface area contributed by atoms with Gasteiger partial charge in [0, 0.05) is 5.39 Å². The molecule has 0 amide bonds. The Labute approximate surface area is 176 Å². The number of aromatic nitrogens is 1. The van der Waals surface area contributed by atoms with Crippen molar-refractivity contribution in [3.05, 3.63) is 76.5 Å². The number of rotatable bonds is 2. The number of carboxylic acids is 1. The average Bonchev–Trinajstić information content (AvgIpc) is 2.71. The number of aromatic carboxylic acids is 1. The number of nitriles is 1. The summed E-state index contributed by atoms with van der Waals surface area (Å²) in [4.78, 5) is 17.2. The van der Waals surface area contributed by atoms with Gasteiger partial charge in [-0.1, -0.05) is 51.1 Å². The molecule has 3 aromatic rings. The largest absolute Gasteiger partial charge is 0.478 e. The summed E-state index contributed by atoms with van der Waals surface area (Å²) in [6.45, 7) is 6.62. The number of allylic oxidation sites excluding steroid dienone is 1. The van der Waals surface area contributed by atoms with Gasteiger partial charge in [0.1, 0.15) is 0 Å². The highest BCUT2D eigenvalue weighted by Crippen LogP contribution is 2.44. The van der Waals surface area contributed by atoms with Gasteiger partial charge >= 0.3 is 5.97 Å². The number of carbonyl (C=O) groups is 1. The third-order valence-electron chi connectivity index (χ3n) is 6.03. The molecule has 1 N–H and O–H groups in total. The summed E-state index contributed by atoms with van der Waals surface area (Å²) in [5.74, 6) is -0.604. The van der Waals surface area contributed by atoms with E-state index in [2.05, 4.69) is 32.9 Å². The van der Waals surface area contributed by atoms with Gasteiger partial charge in [-0.15, -0.1) is 0 Å². The number of pyridine rings is 1. The molecule has 150 valence electrons. The SMILES string of the molecule is CC(C)(C)C1CC(=Cc2ccc(C#N)cc2)c2nc3ccccc3c(C(=O)O)c2C1. The molecule has 0 spiro atoms. The van der Waals surface area contributed by atoms with Crippen LogP contribution in [0, 0.1) is 22.7 Å². The van der Waals surface area contributed by atoms with Crippen LogP contribution in [-0.2, 0) is 6.42 Å². The van der Waals surface area contributed by atoms with Gasteiger partial charge in [-0.2, -0.15) is 5.26 Å². The topological polar surface area (TPSA) is 74.0 Å². The smallest absolute Gasteiger partial charge is 0.336 e. The number of hydrogen-bond acceptors (Lipinski definition) is 3. The van der Waals surface area contributed by atoms with Crippen molar-refractivity contribution in [3.63, 3.8) is 0 Å². The van der Waals surface area contributed by atoms with Gasteiger partial charge in [-0.3, -0.25) is 0 Å². The van der Waals surface area contributed by atoms with E-state index < -0.39 is 5.97 Å². The third kappa shape index (κ3) is 3.59. The number of nitrogens with zero attached hydrogens (tertiary/aromatic N) is 2. The maximum Gasteiger partial charge on any atom is 0.336 e. The fraction of sp³-hybridized carbons (Fsp3) is 0.269. The van der Waals surface area contributed by atoms with Crippen LogP contribution in [0.1, 0.15) is 59.9 Å². The average molecular weight is 396 g/mol. The first kappa shape index (κ1) is 19.8. The van der Waals surface area contributed by atoms with Gasteiger partial charge in [-0.05, 0) is 65.1 Å². The van der Waals surface area contributed by atoms with E-state index >= 15 is 0 Å². The number of carboxylic acid groups (broad SMARTS) is 1. The molecule has 0 saturated carbocycles. The van der Waals surface area contributed by atoms with Crippen LogP contribution in [0.3, 0.4) is 0 Å². The summed E-state index contributed by atoms with van der Waals surface area (Å²) in [5, 5.41) is 19.8. The summed E-state index contributed by atoms with van der Waals surface area (Å²) >= 11 is 0. The van der Waals surface area contributed by atoms with Gasteiger partial charge in [0.2, 0.25) is 0 Å². The highest BCUT2D eigenvalue weighted by atomic mass is 16.4. The second kappa shape index (κ2) is 7.42. The number of fused-ring (bicyclic) bond motifs is 2. The highest BCUT2D eigenvalue weighted by Gasteiger charge is 2.35. The fourth-order valence-corrected chi connectivity index (χ4v) is 4.24. The monoisotopic (exact) mass is 396 g/mol. The van der Waals surface area contributed by atoms with E-state index in [9.17, 15) is 9.90 Å². The Kier molecular flexibility index (Phi) is 4.91. The maximum atomic E-state index is 12.3. The lowest BCUT2D eigenvalue weighted by Gasteiger charge is -2.36. The van der Waals surface area contributed by atoms with E-state index in [1.54, 1.807) is 12.1 Å². The van der Waals surface area contributed by atoms with Gasteiger partial charge < -0.3 is 5.11 Å². The lowest BCUT2D eigenvalue weighted by atomic mass is 9.69. The van der Waals surface area contributed by atoms with E-state index in [1.807, 2.05) is 36.4 Å². The number of para-hydroxylation sites is 1. The molecule has 2 aromatic carbocycles. The predicted molar refractivity (Wildman–Crippen MR) is 119 cm³/mol. The molecule has 0 aliphatic heterocycles. The quantitative estimate of drug-likeness (QED) is 0.580. The molecule has 0 fully saturated rings. The first-order valence-electron chi connectivity index (χ1n) is 10.1. The minimum atomic E-state index is -0.905. The summed E-state index contributed by atoms with van der Waals surface area (Å²) < 4.78 is 0. The third-order valence-corrected chi connectivity index (χ3v) is 6.03. The Bertz CT molecular complexity index is 1210. The molecular formula is C26H24N2O2. The van der Waals surface area contributed by atoms with Gasteiger partial charge in [0.25, 0.3) is 0 Å². The molecule has 1 aromatic heterocycles. The zero-order valence-electron chi connectivity index (χ0n) is 17.4. The molecule has 0 radical (unpaired) electrons. The van der Waals surface area contributed by atoms with Crippen molar-refractivity contribution in [2.75, 3.05) is 0 Å². The second-order valence-electron chi connectivity index (χ2n) is 9.01. The van der Waals surface area contributed by atoms with Gasteiger partial charge in [-0.25, -0.2) is 9.78 Å². The number of benzene rings is 2. The molecule has 1 aliphatic carbocycles. The van der Waals surface area contributed by atoms with E-state index in [1.165, 1.54) is 0 Å². The van der Waals surface area contributed by atoms with Crippen molar-refractivity contribution in [1.29, 1.82) is 5.26 Å². The lowest BCUT2D eigenvalue weighted by molar-refractivity contribution is 0.0696. The molecule has 1 unspecified atom stereocenters. The van der Waals surface area contributed by atoms with Crippen LogP contribution in [0.25, 0.3) is 22.6 Å². The van der Waals surface area contributed by atoms with Crippen LogP contribution >= 0.6 is 0 Å². The zero-order valence-corrected chi connectivity index (χ0v) is 17.4. The van der Waals surface area contributed by atoms with E-state index in [0.717, 1.165) is 28.8 Å². The molecule has 4 rings (SSSR count). The lowest BCUT2D eigenvalue weighted by Crippen LogP contribution is -2.28. The van der Waals surface area contributed by atoms with Crippen molar-refractivity contribution in [1.82, 2.24) is 4.98 Å². The molecule has 4 heteroatoms. The zero-order chi connectivity index (χ0) is 21.5. The minimum Gasteiger partial charge on any atom is -0.478 e. The van der Waals surface area contributed by atoms with Crippen LogP contribution < -0.4 is 0 Å². The van der Waals surface area contributed by atoms with Crippen molar-refractivity contribution in [2.24, 2.45) is 11.3 Å². The van der Waals surface area contributed by atoms with Crippen molar-refractivity contribution in [2.45, 2.75) is 33.6 Å². The van der Waals surface area contributed by atoms with Crippen molar-refractivity contribution >= 4 is 28.5 Å². The molecule has 1 atom stereocenters. The Hall–Kier alpha value is -3.45. The fourth-order valence-electron chi connectivity index (χ4n) is 4.24. The highest BCUT2D eigenvalue weighted by molar-refractivity contribution is 6.06. The molecule has 0 bridgehead atoms. The van der Waals surface area contributed by atoms with Crippen LogP contribution in [0.15, 0.2) is 48.5 Å². The van der Waals surface area contributed by atoms with Crippen LogP contribution in [0.2, 0.25) is 0 Å². The summed E-state index contributed by atoms with van der Waals surface area (Å²) in [6.07, 6.45) is 3.62. The molecule has 4 nitrogen and oxygen atoms in total. The summed E-state index contributed by atoms with van der Waals surface area (Å²) in [6, 6.07) is 17.0. The van der Waals surface area contributed by atoms with E-state index in [4.69, 9.17) is 10.2 Å². The Morgan fingerprint density at radius 2 is 1.83 bits per heavy atom. The van der Waals surface area contributed by atoms with Crippen LogP contribution in [0.5, 0.6) is 0 Å². The Balaban J connectivity index is 1.97. The molecule has 1 aliphatic rings. The predicted octanol–water partition coefficient (Wildman–Crippen LogP) is 5.95. The van der Waals surface area contributed by atoms with Gasteiger partial charge in [0.15, 0.2) is 0 Å². The Morgan fingerprint density at radius 3 is 2.47 bits per heavy atom. The van der Waals surface area contributed by atoms with Crippen molar-refractivity contribution < 1.29 is 9.90 Å². The van der Waals surface area contributed by atoms with Crippen LogP contribution in [-0.4, -0.2) is 16.1 Å². The first-order valence-corrected chi connectivity index (χ1v) is 10.1. The molecule has 30 heavy (non-hydrogen) atoms. The Morgan fingerprint density at radius 1 is 1.13 bits per heavy atom. The maximum absolute atomic E-state index is 12.3. The summed E-state index contributed by atoms with van der Waals surface area (Å²) in [7, 11) is 0. The second-order valence-corrected chi connectivity index (χ2v) is 9.01. The number of hydrogen-bond donors (Lipinski definition) is 1. The van der Waals surface area contributed by atoms with E-state index in [0.29, 0.717) is 34.4 Å². The molecule has 0 saturated heterocycles. The minimum absolute atomic E-state index is 0.0306. The first-order chi connectivity index (χ1) is 14.3. The van der Waals surface area contributed by atoms with Crippen molar-refractivity contribution in [3.8, 4) is 6.07 Å². The van der Waals surface area contributed by atoms with Gasteiger partial charge in [0.05, 0.1) is 28.4 Å².